The van der Waals surface area contributed by atoms with Crippen molar-refractivity contribution in [2.75, 3.05) is 24.5 Å². The summed E-state index contributed by atoms with van der Waals surface area (Å²) in [6, 6.07) is 8.43. The van der Waals surface area contributed by atoms with Crippen LogP contribution in [0.15, 0.2) is 46.6 Å². The highest BCUT2D eigenvalue weighted by molar-refractivity contribution is 7.99. The van der Waals surface area contributed by atoms with Crippen LogP contribution in [0.5, 0.6) is 0 Å². The van der Waals surface area contributed by atoms with Crippen LogP contribution in [0.4, 0.5) is 5.82 Å². The van der Waals surface area contributed by atoms with E-state index < -0.39 is 0 Å². The van der Waals surface area contributed by atoms with E-state index in [0.29, 0.717) is 12.5 Å². The van der Waals surface area contributed by atoms with E-state index in [-0.39, 0.29) is 11.8 Å². The zero-order valence-corrected chi connectivity index (χ0v) is 17.1. The van der Waals surface area contributed by atoms with Crippen molar-refractivity contribution < 1.29 is 4.79 Å². The largest absolute Gasteiger partial charge is 0.356 e. The highest BCUT2D eigenvalue weighted by Gasteiger charge is 2.28. The molecule has 3 rings (SSSR count). The summed E-state index contributed by atoms with van der Waals surface area (Å²) in [5, 5.41) is 3.97. The summed E-state index contributed by atoms with van der Waals surface area (Å²) in [6.45, 7) is 8.65. The van der Waals surface area contributed by atoms with Crippen LogP contribution < -0.4 is 10.2 Å². The Morgan fingerprint density at radius 1 is 1.26 bits per heavy atom. The van der Waals surface area contributed by atoms with Crippen LogP contribution in [0.3, 0.4) is 0 Å². The topological polar surface area (TPSA) is 58.1 Å². The van der Waals surface area contributed by atoms with Crippen LogP contribution in [0.1, 0.15) is 32.3 Å². The molecule has 1 aromatic heterocycles. The summed E-state index contributed by atoms with van der Waals surface area (Å²) in [7, 11) is 0. The third-order valence-electron chi connectivity index (χ3n) is 4.66. The molecule has 1 aromatic carbocycles. The maximum absolute atomic E-state index is 12.5. The number of aromatic nitrogens is 2. The number of benzene rings is 1. The third kappa shape index (κ3) is 5.45. The summed E-state index contributed by atoms with van der Waals surface area (Å²) >= 11 is 1.62. The number of anilines is 1. The smallest absolute Gasteiger partial charge is 0.224 e. The second kappa shape index (κ2) is 9.22. The first-order valence-corrected chi connectivity index (χ1v) is 10.4. The molecule has 5 nitrogen and oxygen atoms in total. The number of hydrogen-bond donors (Lipinski definition) is 1. The van der Waals surface area contributed by atoms with E-state index in [1.807, 2.05) is 0 Å². The number of hydrogen-bond acceptors (Lipinski definition) is 5. The Kier molecular flexibility index (Phi) is 6.72. The van der Waals surface area contributed by atoms with E-state index in [2.05, 4.69) is 65.2 Å². The van der Waals surface area contributed by atoms with E-state index in [4.69, 9.17) is 0 Å². The zero-order valence-electron chi connectivity index (χ0n) is 16.3. The van der Waals surface area contributed by atoms with E-state index >= 15 is 0 Å². The molecule has 0 saturated carbocycles. The molecule has 0 aliphatic carbocycles. The number of rotatable bonds is 6. The number of nitrogens with one attached hydrogen (secondary N) is 1. The van der Waals surface area contributed by atoms with Gasteiger partial charge in [-0.05, 0) is 37.8 Å². The average Bonchev–Trinajstić information content (AvgIpc) is 2.68. The molecule has 1 unspecified atom stereocenters. The number of piperidine rings is 1. The lowest BCUT2D eigenvalue weighted by atomic mass is 9.97. The van der Waals surface area contributed by atoms with Crippen LogP contribution in [-0.4, -0.2) is 35.5 Å². The van der Waals surface area contributed by atoms with E-state index in [1.165, 1.54) is 5.56 Å². The van der Waals surface area contributed by atoms with Gasteiger partial charge in [-0.15, -0.1) is 0 Å². The number of aryl methyl sites for hydroxylation is 1. The first-order valence-electron chi connectivity index (χ1n) is 9.61. The molecule has 0 radical (unpaired) electrons. The second-order valence-corrected chi connectivity index (χ2v) is 8.59. The molecule has 1 aliphatic rings. The molecule has 27 heavy (non-hydrogen) atoms. The molecule has 1 atom stereocenters. The molecule has 0 bridgehead atoms. The van der Waals surface area contributed by atoms with E-state index in [9.17, 15) is 4.79 Å². The van der Waals surface area contributed by atoms with Crippen molar-refractivity contribution >= 4 is 23.5 Å². The molecular formula is C21H28N4OS. The van der Waals surface area contributed by atoms with Gasteiger partial charge in [-0.25, -0.2) is 9.97 Å². The summed E-state index contributed by atoms with van der Waals surface area (Å²) in [6.07, 6.45) is 5.39. The van der Waals surface area contributed by atoms with Crippen molar-refractivity contribution in [1.82, 2.24) is 15.3 Å². The van der Waals surface area contributed by atoms with Gasteiger partial charge >= 0.3 is 0 Å². The molecule has 2 heterocycles. The average molecular weight is 385 g/mol. The molecule has 2 aromatic rings. The van der Waals surface area contributed by atoms with Gasteiger partial charge in [-0.1, -0.05) is 43.3 Å². The highest BCUT2D eigenvalue weighted by atomic mass is 32.2. The van der Waals surface area contributed by atoms with Gasteiger partial charge in [-0.2, -0.15) is 0 Å². The first kappa shape index (κ1) is 19.7. The quantitative estimate of drug-likeness (QED) is 0.818. The van der Waals surface area contributed by atoms with Crippen molar-refractivity contribution in [2.45, 2.75) is 43.5 Å². The van der Waals surface area contributed by atoms with E-state index in [0.717, 1.165) is 41.7 Å². The van der Waals surface area contributed by atoms with Crippen LogP contribution in [0, 0.1) is 18.8 Å². The molecule has 1 N–H and O–H groups in total. The predicted molar refractivity (Wildman–Crippen MR) is 110 cm³/mol. The van der Waals surface area contributed by atoms with Gasteiger partial charge in [0, 0.05) is 36.9 Å². The molecule has 1 saturated heterocycles. The molecule has 6 heteroatoms. The Morgan fingerprint density at radius 2 is 2.00 bits per heavy atom. The summed E-state index contributed by atoms with van der Waals surface area (Å²) in [4.78, 5) is 25.0. The number of carbonyl (C=O) groups is 1. The maximum Gasteiger partial charge on any atom is 0.224 e. The van der Waals surface area contributed by atoms with Gasteiger partial charge in [0.1, 0.15) is 5.03 Å². The predicted octanol–water partition coefficient (Wildman–Crippen LogP) is 3.92. The fraction of sp³-hybridized carbons (Fsp3) is 0.476. The van der Waals surface area contributed by atoms with Crippen LogP contribution in [0.2, 0.25) is 0 Å². The molecular weight excluding hydrogens is 356 g/mol. The molecule has 0 spiro atoms. The molecule has 1 fully saturated rings. The lowest BCUT2D eigenvalue weighted by molar-refractivity contribution is -0.125. The van der Waals surface area contributed by atoms with Gasteiger partial charge in [0.25, 0.3) is 0 Å². The Morgan fingerprint density at radius 3 is 2.74 bits per heavy atom. The Balaban J connectivity index is 1.72. The lowest BCUT2D eigenvalue weighted by Gasteiger charge is -2.33. The Labute approximate surface area is 166 Å². The van der Waals surface area contributed by atoms with E-state index in [1.54, 1.807) is 24.2 Å². The van der Waals surface area contributed by atoms with Crippen molar-refractivity contribution in [1.29, 1.82) is 0 Å². The SMILES string of the molecule is Cc1ccc(Sc2nccnc2N2CCCC(C(=O)NCC(C)C)C2)cc1. The molecule has 1 aliphatic heterocycles. The number of amides is 1. The second-order valence-electron chi connectivity index (χ2n) is 7.52. The standard InChI is InChI=1S/C21H28N4OS/c1-15(2)13-24-20(26)17-5-4-12-25(14-17)19-21(23-11-10-22-19)27-18-8-6-16(3)7-9-18/h6-11,15,17H,4-5,12-14H2,1-3H3,(H,24,26). The van der Waals surface area contributed by atoms with Crippen molar-refractivity contribution in [3.63, 3.8) is 0 Å². The third-order valence-corrected chi connectivity index (χ3v) is 5.65. The van der Waals surface area contributed by atoms with Gasteiger partial charge in [-0.3, -0.25) is 4.79 Å². The lowest BCUT2D eigenvalue weighted by Crippen LogP contribution is -2.44. The van der Waals surface area contributed by atoms with Crippen LogP contribution >= 0.6 is 11.8 Å². The van der Waals surface area contributed by atoms with Crippen molar-refractivity contribution in [3.05, 3.63) is 42.2 Å². The monoisotopic (exact) mass is 384 g/mol. The first-order chi connectivity index (χ1) is 13.0. The highest BCUT2D eigenvalue weighted by Crippen LogP contribution is 2.34. The number of nitrogens with zero attached hydrogens (tertiary/aromatic N) is 3. The van der Waals surface area contributed by atoms with Gasteiger partial charge < -0.3 is 10.2 Å². The minimum Gasteiger partial charge on any atom is -0.356 e. The number of carbonyl (C=O) groups excluding carboxylic acids is 1. The van der Waals surface area contributed by atoms with Gasteiger partial charge in [0.2, 0.25) is 5.91 Å². The minimum absolute atomic E-state index is 0.0109. The molecule has 144 valence electrons. The summed E-state index contributed by atoms with van der Waals surface area (Å²) in [5.74, 6) is 1.51. The fourth-order valence-corrected chi connectivity index (χ4v) is 4.04. The minimum atomic E-state index is 0.0109. The fourth-order valence-electron chi connectivity index (χ4n) is 3.16. The summed E-state index contributed by atoms with van der Waals surface area (Å²) in [5.41, 5.74) is 1.24. The van der Waals surface area contributed by atoms with Crippen LogP contribution in [0.25, 0.3) is 0 Å². The van der Waals surface area contributed by atoms with Crippen molar-refractivity contribution in [2.24, 2.45) is 11.8 Å². The zero-order chi connectivity index (χ0) is 19.2. The normalized spacial score (nSPS) is 17.2. The maximum atomic E-state index is 12.5. The Bertz CT molecular complexity index is 763. The van der Waals surface area contributed by atoms with Crippen LogP contribution in [-0.2, 0) is 4.79 Å². The molecule has 1 amide bonds. The van der Waals surface area contributed by atoms with Crippen molar-refractivity contribution in [3.8, 4) is 0 Å². The van der Waals surface area contributed by atoms with Gasteiger partial charge in [0.05, 0.1) is 5.92 Å². The van der Waals surface area contributed by atoms with Gasteiger partial charge in [0.15, 0.2) is 5.82 Å². The summed E-state index contributed by atoms with van der Waals surface area (Å²) < 4.78 is 0. The Hall–Kier alpha value is -2.08.